The Labute approximate surface area is 199 Å². The molecule has 34 heavy (non-hydrogen) atoms. The molecule has 0 amide bonds. The summed E-state index contributed by atoms with van der Waals surface area (Å²) in [4.78, 5) is 6.60. The van der Waals surface area contributed by atoms with Gasteiger partial charge in [-0.2, -0.15) is 17.5 Å². The maximum absolute atomic E-state index is 13.6. The number of hydrogen-bond donors (Lipinski definition) is 1. The number of aryl methyl sites for hydroxylation is 1. The summed E-state index contributed by atoms with van der Waals surface area (Å²) < 4.78 is 66.2. The molecule has 1 aliphatic heterocycles. The Hall–Kier alpha value is -2.33. The highest BCUT2D eigenvalue weighted by molar-refractivity contribution is 7.89. The van der Waals surface area contributed by atoms with Gasteiger partial charge >= 0.3 is 15.5 Å². The van der Waals surface area contributed by atoms with E-state index < -0.39 is 21.6 Å². The second-order valence-electron chi connectivity index (χ2n) is 9.41. The number of para-hydroxylation sites is 1. The van der Waals surface area contributed by atoms with Crippen molar-refractivity contribution in [1.82, 2.24) is 9.29 Å². The second-order valence-corrected chi connectivity index (χ2v) is 11.3. The monoisotopic (exact) mass is 496 g/mol. The highest BCUT2D eigenvalue weighted by atomic mass is 32.2. The van der Waals surface area contributed by atoms with E-state index in [4.69, 9.17) is 5.73 Å². The number of anilines is 2. The Morgan fingerprint density at radius 3 is 2.50 bits per heavy atom. The first kappa shape index (κ1) is 24.8. The van der Waals surface area contributed by atoms with Crippen molar-refractivity contribution in [2.45, 2.75) is 70.1 Å². The number of aromatic nitrogens is 1. The number of alkyl halides is 3. The number of halogens is 3. The van der Waals surface area contributed by atoms with Gasteiger partial charge < -0.3 is 10.6 Å². The highest BCUT2D eigenvalue weighted by Gasteiger charge is 2.51. The zero-order chi connectivity index (χ0) is 24.5. The van der Waals surface area contributed by atoms with E-state index in [2.05, 4.69) is 4.98 Å². The molecule has 1 atom stereocenters. The van der Waals surface area contributed by atoms with Crippen LogP contribution in [-0.4, -0.2) is 35.8 Å². The Kier molecular flexibility index (Phi) is 7.09. The molecular formula is C24H31F3N4O2S. The standard InChI is InChI=1S/C24H31F3N4O2S/c1-17-12-20(28)13-21(29-17)15-31-22(11-10-18-6-2-3-7-18)16-30(34(32,33)24(25,26)27)14-19-8-4-5-9-23(19)31/h4-5,8-9,12-13,18,22H,2-3,6-7,10-11,14-16H2,1H3,(H2,28,29). The summed E-state index contributed by atoms with van der Waals surface area (Å²) in [6.07, 6.45) is 6.02. The first-order valence-corrected chi connectivity index (χ1v) is 13.1. The van der Waals surface area contributed by atoms with Crippen LogP contribution in [0, 0.1) is 12.8 Å². The molecule has 1 aromatic carbocycles. The van der Waals surface area contributed by atoms with Gasteiger partial charge in [0.05, 0.1) is 12.2 Å². The van der Waals surface area contributed by atoms with Crippen molar-refractivity contribution in [2.24, 2.45) is 5.92 Å². The van der Waals surface area contributed by atoms with Gasteiger partial charge in [0.15, 0.2) is 0 Å². The predicted octanol–water partition coefficient (Wildman–Crippen LogP) is 4.98. The molecule has 2 N–H and O–H groups in total. The lowest BCUT2D eigenvalue weighted by molar-refractivity contribution is -0.0492. The fraction of sp³-hybridized carbons (Fsp3) is 0.542. The molecule has 1 fully saturated rings. The lowest BCUT2D eigenvalue weighted by Crippen LogP contribution is -2.47. The van der Waals surface area contributed by atoms with Gasteiger partial charge in [-0.05, 0) is 49.4 Å². The van der Waals surface area contributed by atoms with Crippen molar-refractivity contribution < 1.29 is 21.6 Å². The van der Waals surface area contributed by atoms with Gasteiger partial charge in [-0.25, -0.2) is 8.42 Å². The van der Waals surface area contributed by atoms with Crippen LogP contribution in [0.2, 0.25) is 0 Å². The summed E-state index contributed by atoms with van der Waals surface area (Å²) in [5.41, 5.74) is 3.97. The third-order valence-corrected chi connectivity index (χ3v) is 8.42. The van der Waals surface area contributed by atoms with Crippen LogP contribution < -0.4 is 10.6 Å². The second kappa shape index (κ2) is 9.73. The van der Waals surface area contributed by atoms with E-state index in [0.29, 0.717) is 40.1 Å². The van der Waals surface area contributed by atoms with E-state index >= 15 is 0 Å². The summed E-state index contributed by atoms with van der Waals surface area (Å²) in [5.74, 6) is 0.528. The van der Waals surface area contributed by atoms with Crippen molar-refractivity contribution in [3.63, 3.8) is 0 Å². The van der Waals surface area contributed by atoms with Gasteiger partial charge in [0.1, 0.15) is 0 Å². The fourth-order valence-corrected chi connectivity index (χ4v) is 6.22. The quantitative estimate of drug-likeness (QED) is 0.610. The first-order chi connectivity index (χ1) is 16.0. The van der Waals surface area contributed by atoms with Crippen LogP contribution in [0.25, 0.3) is 0 Å². The van der Waals surface area contributed by atoms with Crippen molar-refractivity contribution in [2.75, 3.05) is 17.2 Å². The Morgan fingerprint density at radius 2 is 1.82 bits per heavy atom. The minimum Gasteiger partial charge on any atom is -0.399 e. The topological polar surface area (TPSA) is 79.5 Å². The maximum atomic E-state index is 13.6. The van der Waals surface area contributed by atoms with Crippen molar-refractivity contribution in [1.29, 1.82) is 0 Å². The molecule has 0 spiro atoms. The average molecular weight is 497 g/mol. The molecule has 186 valence electrons. The first-order valence-electron chi connectivity index (χ1n) is 11.7. The van der Waals surface area contributed by atoms with Gasteiger partial charge in [-0.1, -0.05) is 43.9 Å². The molecule has 6 nitrogen and oxygen atoms in total. The molecule has 0 saturated heterocycles. The van der Waals surface area contributed by atoms with Crippen LogP contribution in [0.3, 0.4) is 0 Å². The predicted molar refractivity (Wildman–Crippen MR) is 126 cm³/mol. The molecule has 0 radical (unpaired) electrons. The number of benzene rings is 1. The minimum atomic E-state index is -5.47. The van der Waals surface area contributed by atoms with Crippen LogP contribution in [0.5, 0.6) is 0 Å². The van der Waals surface area contributed by atoms with Crippen molar-refractivity contribution >= 4 is 21.4 Å². The summed E-state index contributed by atoms with van der Waals surface area (Å²) in [6, 6.07) is 10.2. The molecule has 2 heterocycles. The largest absolute Gasteiger partial charge is 0.511 e. The molecule has 1 saturated carbocycles. The smallest absolute Gasteiger partial charge is 0.399 e. The number of nitrogens with zero attached hydrogens (tertiary/aromatic N) is 3. The molecule has 2 aromatic rings. The molecule has 4 rings (SSSR count). The van der Waals surface area contributed by atoms with Crippen LogP contribution in [-0.2, 0) is 23.1 Å². The fourth-order valence-electron chi connectivity index (χ4n) is 5.25. The summed E-state index contributed by atoms with van der Waals surface area (Å²) in [5, 5.41) is 0. The number of sulfonamides is 1. The Balaban J connectivity index is 1.74. The van der Waals surface area contributed by atoms with Crippen LogP contribution in [0.4, 0.5) is 24.5 Å². The van der Waals surface area contributed by atoms with Gasteiger partial charge in [0, 0.05) is 36.2 Å². The lowest BCUT2D eigenvalue weighted by Gasteiger charge is -2.34. The number of pyridine rings is 1. The van der Waals surface area contributed by atoms with E-state index in [0.717, 1.165) is 30.6 Å². The van der Waals surface area contributed by atoms with Crippen LogP contribution in [0.1, 0.15) is 55.5 Å². The van der Waals surface area contributed by atoms with Gasteiger partial charge in [-0.15, -0.1) is 0 Å². The van der Waals surface area contributed by atoms with Crippen molar-refractivity contribution in [3.8, 4) is 0 Å². The summed E-state index contributed by atoms with van der Waals surface area (Å²) >= 11 is 0. The molecule has 1 unspecified atom stereocenters. The lowest BCUT2D eigenvalue weighted by atomic mass is 9.97. The number of nitrogens with two attached hydrogens (primary N) is 1. The van der Waals surface area contributed by atoms with E-state index in [-0.39, 0.29) is 13.1 Å². The highest BCUT2D eigenvalue weighted by Crippen LogP contribution is 2.37. The maximum Gasteiger partial charge on any atom is 0.511 e. The summed E-state index contributed by atoms with van der Waals surface area (Å²) in [6.45, 7) is 1.62. The number of fused-ring (bicyclic) bond motifs is 1. The molecular weight excluding hydrogens is 465 g/mol. The third-order valence-electron chi connectivity index (χ3n) is 6.88. The normalized spacial score (nSPS) is 20.4. The van der Waals surface area contributed by atoms with Crippen molar-refractivity contribution in [3.05, 3.63) is 53.3 Å². The summed E-state index contributed by atoms with van der Waals surface area (Å²) in [7, 11) is -5.47. The number of rotatable bonds is 6. The third kappa shape index (κ3) is 5.33. The minimum absolute atomic E-state index is 0.232. The molecule has 1 aromatic heterocycles. The van der Waals surface area contributed by atoms with E-state index in [9.17, 15) is 21.6 Å². The zero-order valence-corrected chi connectivity index (χ0v) is 20.1. The Bertz CT molecular complexity index is 1100. The van der Waals surface area contributed by atoms with Crippen LogP contribution in [0.15, 0.2) is 36.4 Å². The van der Waals surface area contributed by atoms with E-state index in [1.165, 1.54) is 12.8 Å². The van der Waals surface area contributed by atoms with Crippen LogP contribution >= 0.6 is 0 Å². The van der Waals surface area contributed by atoms with Gasteiger partial charge in [0.25, 0.3) is 0 Å². The zero-order valence-electron chi connectivity index (χ0n) is 19.3. The molecule has 0 bridgehead atoms. The van der Waals surface area contributed by atoms with Gasteiger partial charge in [0.2, 0.25) is 0 Å². The Morgan fingerprint density at radius 1 is 1.12 bits per heavy atom. The van der Waals surface area contributed by atoms with E-state index in [1.807, 2.05) is 24.0 Å². The SMILES string of the molecule is Cc1cc(N)cc(CN2c3ccccc3CN(S(=O)(=O)C(F)(F)F)CC2CCC2CCCC2)n1. The molecule has 10 heteroatoms. The molecule has 2 aliphatic rings. The average Bonchev–Trinajstić information content (AvgIpc) is 3.21. The van der Waals surface area contributed by atoms with Gasteiger partial charge in [-0.3, -0.25) is 4.98 Å². The number of hydrogen-bond acceptors (Lipinski definition) is 5. The van der Waals surface area contributed by atoms with E-state index in [1.54, 1.807) is 24.3 Å². The molecule has 1 aliphatic carbocycles. The number of nitrogen functional groups attached to an aromatic ring is 1.